The monoisotopic (exact) mass is 348 g/mol. The molecular weight excluding hydrogens is 332 g/mol. The largest absolute Gasteiger partial charge is 0.452 e. The van der Waals surface area contributed by atoms with Crippen LogP contribution in [0.5, 0.6) is 0 Å². The van der Waals surface area contributed by atoms with Crippen molar-refractivity contribution in [1.29, 1.82) is 0 Å². The number of benzene rings is 1. The number of halogens is 1. The van der Waals surface area contributed by atoms with Crippen molar-refractivity contribution >= 4 is 22.6 Å². The molecule has 0 N–H and O–H groups in total. The molecule has 7 heteroatoms. The van der Waals surface area contributed by atoms with E-state index in [9.17, 15) is 0 Å². The average Bonchev–Trinajstić information content (AvgIpc) is 3.22. The molecule has 0 bridgehead atoms. The van der Waals surface area contributed by atoms with Crippen LogP contribution in [0.3, 0.4) is 0 Å². The van der Waals surface area contributed by atoms with Crippen LogP contribution in [0.25, 0.3) is 22.6 Å². The van der Waals surface area contributed by atoms with E-state index in [-0.39, 0.29) is 0 Å². The highest BCUT2D eigenvalue weighted by Gasteiger charge is 2.40. The van der Waals surface area contributed by atoms with E-state index in [2.05, 4.69) is 10.1 Å². The van der Waals surface area contributed by atoms with Gasteiger partial charge in [-0.25, -0.2) is 0 Å². The van der Waals surface area contributed by atoms with Crippen LogP contribution in [0, 0.1) is 6.92 Å². The molecule has 6 nitrogen and oxygen atoms in total. The third-order valence-corrected chi connectivity index (χ3v) is 4.71. The smallest absolute Gasteiger partial charge is 0.259 e. The second-order valence-electron chi connectivity index (χ2n) is 5.99. The van der Waals surface area contributed by atoms with Crippen LogP contribution in [-0.2, 0) is 15.1 Å². The van der Waals surface area contributed by atoms with E-state index in [0.717, 1.165) is 16.5 Å². The van der Waals surface area contributed by atoms with Gasteiger partial charge in [-0.3, -0.25) is 0 Å². The molecule has 1 saturated heterocycles. The number of nitrogens with zero attached hydrogens (tertiary/aromatic N) is 2. The molecule has 0 atom stereocenters. The van der Waals surface area contributed by atoms with Crippen LogP contribution in [0.1, 0.15) is 24.3 Å². The second-order valence-corrected chi connectivity index (χ2v) is 6.42. The molecule has 126 valence electrons. The topological polar surface area (TPSA) is 70.5 Å². The van der Waals surface area contributed by atoms with E-state index >= 15 is 0 Å². The van der Waals surface area contributed by atoms with E-state index in [1.807, 2.05) is 25.1 Å². The number of fused-ring (bicyclic) bond motifs is 1. The number of methoxy groups -OCH3 is 1. The Balaban J connectivity index is 1.73. The fraction of sp³-hybridized carbons (Fsp3) is 0.412. The van der Waals surface area contributed by atoms with E-state index in [4.69, 9.17) is 30.0 Å². The van der Waals surface area contributed by atoms with Crippen molar-refractivity contribution in [3.63, 3.8) is 0 Å². The highest BCUT2D eigenvalue weighted by atomic mass is 35.5. The Hall–Kier alpha value is -1.89. The Kier molecular flexibility index (Phi) is 3.83. The summed E-state index contributed by atoms with van der Waals surface area (Å²) in [6, 6.07) is 5.58. The summed E-state index contributed by atoms with van der Waals surface area (Å²) in [5.74, 6) is 1.40. The third kappa shape index (κ3) is 2.51. The zero-order chi connectivity index (χ0) is 16.7. The Morgan fingerprint density at radius 1 is 1.21 bits per heavy atom. The van der Waals surface area contributed by atoms with Gasteiger partial charge in [0.25, 0.3) is 5.89 Å². The number of rotatable bonds is 3. The van der Waals surface area contributed by atoms with Gasteiger partial charge in [0.05, 0.1) is 0 Å². The predicted octanol–water partition coefficient (Wildman–Crippen LogP) is 4.10. The van der Waals surface area contributed by atoms with E-state index in [0.29, 0.717) is 48.6 Å². The predicted molar refractivity (Wildman–Crippen MR) is 88.0 cm³/mol. The molecule has 0 unspecified atom stereocenters. The molecule has 0 radical (unpaired) electrons. The first-order valence-corrected chi connectivity index (χ1v) is 8.16. The lowest BCUT2D eigenvalue weighted by molar-refractivity contribution is -0.111. The Morgan fingerprint density at radius 3 is 2.75 bits per heavy atom. The molecule has 24 heavy (non-hydrogen) atoms. The number of furan rings is 1. The lowest BCUT2D eigenvalue weighted by Crippen LogP contribution is -2.35. The maximum atomic E-state index is 6.10. The number of hydrogen-bond donors (Lipinski definition) is 0. The van der Waals surface area contributed by atoms with Crippen molar-refractivity contribution in [2.24, 2.45) is 0 Å². The molecule has 1 aliphatic heterocycles. The Morgan fingerprint density at radius 2 is 2.00 bits per heavy atom. The number of ether oxygens (including phenoxy) is 2. The number of aromatic nitrogens is 2. The molecule has 1 aliphatic rings. The summed E-state index contributed by atoms with van der Waals surface area (Å²) in [6.07, 6.45) is 1.36. The maximum Gasteiger partial charge on any atom is 0.259 e. The van der Waals surface area contributed by atoms with Gasteiger partial charge in [-0.15, -0.1) is 0 Å². The molecule has 0 amide bonds. The van der Waals surface area contributed by atoms with Gasteiger partial charge in [0.2, 0.25) is 5.82 Å². The van der Waals surface area contributed by atoms with Crippen molar-refractivity contribution in [3.8, 4) is 11.6 Å². The van der Waals surface area contributed by atoms with Crippen LogP contribution in [0.15, 0.2) is 27.1 Å². The fourth-order valence-electron chi connectivity index (χ4n) is 3.11. The van der Waals surface area contributed by atoms with Gasteiger partial charge in [0.15, 0.2) is 11.4 Å². The van der Waals surface area contributed by atoms with Crippen LogP contribution < -0.4 is 0 Å². The summed E-state index contributed by atoms with van der Waals surface area (Å²) < 4.78 is 22.5. The van der Waals surface area contributed by atoms with Crippen LogP contribution >= 0.6 is 11.6 Å². The average molecular weight is 349 g/mol. The minimum absolute atomic E-state index is 0.402. The van der Waals surface area contributed by atoms with Crippen LogP contribution in [0.4, 0.5) is 0 Å². The van der Waals surface area contributed by atoms with E-state index in [1.165, 1.54) is 0 Å². The molecular formula is C17H17ClN2O4. The number of aryl methyl sites for hydroxylation is 1. The van der Waals surface area contributed by atoms with Gasteiger partial charge < -0.3 is 18.4 Å². The maximum absolute atomic E-state index is 6.10. The molecule has 1 fully saturated rings. The first-order valence-electron chi connectivity index (χ1n) is 7.78. The fourth-order valence-corrected chi connectivity index (χ4v) is 3.39. The summed E-state index contributed by atoms with van der Waals surface area (Å²) in [7, 11) is 1.65. The standard InChI is InChI=1S/C17H17ClN2O4/c1-10-7-12(18)8-11-9-13(23-14(10)11)15-19-16(24-20-15)17(21-2)3-5-22-6-4-17/h7-9H,3-6H2,1-2H3. The van der Waals surface area contributed by atoms with E-state index in [1.54, 1.807) is 7.11 Å². The Bertz CT molecular complexity index is 880. The van der Waals surface area contributed by atoms with Crippen molar-refractivity contribution in [2.75, 3.05) is 20.3 Å². The van der Waals surface area contributed by atoms with Crippen LogP contribution in [0.2, 0.25) is 5.02 Å². The number of hydrogen-bond acceptors (Lipinski definition) is 6. The highest BCUT2D eigenvalue weighted by Crippen LogP contribution is 2.36. The highest BCUT2D eigenvalue weighted by molar-refractivity contribution is 6.31. The molecule has 2 aromatic heterocycles. The molecule has 0 spiro atoms. The summed E-state index contributed by atoms with van der Waals surface area (Å²) in [6.45, 7) is 3.16. The van der Waals surface area contributed by atoms with Crippen molar-refractivity contribution in [2.45, 2.75) is 25.4 Å². The van der Waals surface area contributed by atoms with Gasteiger partial charge >= 0.3 is 0 Å². The normalized spacial score (nSPS) is 17.5. The molecule has 1 aromatic carbocycles. The molecule has 0 saturated carbocycles. The molecule has 3 heterocycles. The van der Waals surface area contributed by atoms with E-state index < -0.39 is 5.60 Å². The summed E-state index contributed by atoms with van der Waals surface area (Å²) >= 11 is 6.10. The first kappa shape index (κ1) is 15.6. The van der Waals surface area contributed by atoms with Gasteiger partial charge in [-0.2, -0.15) is 4.98 Å². The molecule has 3 aromatic rings. The Labute approximate surface area is 143 Å². The zero-order valence-corrected chi connectivity index (χ0v) is 14.2. The molecule has 0 aliphatic carbocycles. The quantitative estimate of drug-likeness (QED) is 0.709. The SMILES string of the molecule is COC1(c2nc(-c3cc4cc(Cl)cc(C)c4o3)no2)CCOCC1. The van der Waals surface area contributed by atoms with Crippen LogP contribution in [-0.4, -0.2) is 30.5 Å². The van der Waals surface area contributed by atoms with Gasteiger partial charge in [0.1, 0.15) is 5.58 Å². The summed E-state index contributed by atoms with van der Waals surface area (Å²) in [5.41, 5.74) is 1.15. The summed E-state index contributed by atoms with van der Waals surface area (Å²) in [5, 5.41) is 5.65. The van der Waals surface area contributed by atoms with Crippen molar-refractivity contribution in [3.05, 3.63) is 34.7 Å². The van der Waals surface area contributed by atoms with Crippen molar-refractivity contribution < 1.29 is 18.4 Å². The minimum atomic E-state index is -0.589. The third-order valence-electron chi connectivity index (χ3n) is 4.49. The molecule has 4 rings (SSSR count). The van der Waals surface area contributed by atoms with Gasteiger partial charge in [-0.05, 0) is 30.7 Å². The summed E-state index contributed by atoms with van der Waals surface area (Å²) in [4.78, 5) is 4.51. The van der Waals surface area contributed by atoms with Gasteiger partial charge in [-0.1, -0.05) is 16.8 Å². The second kappa shape index (κ2) is 5.88. The minimum Gasteiger partial charge on any atom is -0.452 e. The lowest BCUT2D eigenvalue weighted by Gasteiger charge is -2.32. The van der Waals surface area contributed by atoms with Gasteiger partial charge in [0, 0.05) is 43.6 Å². The first-order chi connectivity index (χ1) is 11.6. The lowest BCUT2D eigenvalue weighted by atomic mass is 9.94. The zero-order valence-electron chi connectivity index (χ0n) is 13.5. The van der Waals surface area contributed by atoms with Crippen molar-refractivity contribution in [1.82, 2.24) is 10.1 Å².